The standard InChI is InChI=1S/C10H4F16O4/c1-28-3(27)4(13,14)8(21,22)30-10(25,26)7(19,20)6(17,18)9(23,24)29-5(15,16)2(11)12/h2H,1H3. The molecule has 30 heavy (non-hydrogen) atoms. The minimum atomic E-state index is -8.11. The smallest absolute Gasteiger partial charge is 0.435 e. The molecular formula is C10H4F16O4. The molecule has 0 N–H and O–H groups in total. The number of halogens is 16. The number of methoxy groups -OCH3 is 1. The molecule has 180 valence electrons. The summed E-state index contributed by atoms with van der Waals surface area (Å²) in [6.07, 6.45) is -34.7. The van der Waals surface area contributed by atoms with Crippen molar-refractivity contribution in [2.45, 2.75) is 48.6 Å². The minimum Gasteiger partial charge on any atom is -0.464 e. The Morgan fingerprint density at radius 3 is 1.27 bits per heavy atom. The first-order valence-electron chi connectivity index (χ1n) is 6.25. The first-order valence-corrected chi connectivity index (χ1v) is 6.25. The summed E-state index contributed by atoms with van der Waals surface area (Å²) >= 11 is 0. The van der Waals surface area contributed by atoms with E-state index < -0.39 is 54.6 Å². The van der Waals surface area contributed by atoms with Crippen molar-refractivity contribution in [3.63, 3.8) is 0 Å². The van der Waals surface area contributed by atoms with Crippen LogP contribution in [0.5, 0.6) is 0 Å². The number of rotatable bonds is 10. The van der Waals surface area contributed by atoms with Crippen molar-refractivity contribution in [2.75, 3.05) is 7.11 Å². The van der Waals surface area contributed by atoms with Gasteiger partial charge in [-0.2, -0.15) is 61.5 Å². The van der Waals surface area contributed by atoms with Crippen molar-refractivity contribution >= 4 is 5.97 Å². The van der Waals surface area contributed by atoms with Crippen LogP contribution in [-0.2, 0) is 19.0 Å². The van der Waals surface area contributed by atoms with E-state index in [2.05, 4.69) is 4.74 Å². The van der Waals surface area contributed by atoms with Gasteiger partial charge >= 0.3 is 54.6 Å². The number of alkyl halides is 16. The highest BCUT2D eigenvalue weighted by Crippen LogP contribution is 2.56. The van der Waals surface area contributed by atoms with E-state index in [0.29, 0.717) is 0 Å². The first-order chi connectivity index (χ1) is 12.8. The molecule has 0 fully saturated rings. The summed E-state index contributed by atoms with van der Waals surface area (Å²) in [6.45, 7) is 0. The molecule has 0 aromatic carbocycles. The molecule has 0 saturated heterocycles. The maximum absolute atomic E-state index is 13.1. The molecule has 0 aliphatic heterocycles. The normalized spacial score (nSPS) is 15.5. The van der Waals surface area contributed by atoms with Crippen molar-refractivity contribution in [1.82, 2.24) is 0 Å². The zero-order chi connectivity index (χ0) is 24.8. The Labute approximate surface area is 152 Å². The summed E-state index contributed by atoms with van der Waals surface area (Å²) in [5, 5.41) is 0. The molecule has 0 aromatic rings. The van der Waals surface area contributed by atoms with Gasteiger partial charge in [-0.1, -0.05) is 0 Å². The highest BCUT2D eigenvalue weighted by Gasteiger charge is 2.86. The Morgan fingerprint density at radius 2 is 0.967 bits per heavy atom. The third-order valence-corrected chi connectivity index (χ3v) is 2.71. The van der Waals surface area contributed by atoms with Gasteiger partial charge in [0, 0.05) is 0 Å². The molecule has 0 bridgehead atoms. The molecule has 0 saturated carbocycles. The van der Waals surface area contributed by atoms with Crippen molar-refractivity contribution in [3.8, 4) is 0 Å². The molecule has 0 atom stereocenters. The second-order valence-electron chi connectivity index (χ2n) is 4.83. The van der Waals surface area contributed by atoms with Gasteiger partial charge in [0.15, 0.2) is 0 Å². The van der Waals surface area contributed by atoms with Crippen LogP contribution in [0.2, 0.25) is 0 Å². The zero-order valence-corrected chi connectivity index (χ0v) is 13.3. The summed E-state index contributed by atoms with van der Waals surface area (Å²) in [5.74, 6) is -26.2. The maximum atomic E-state index is 13.1. The third kappa shape index (κ3) is 4.62. The maximum Gasteiger partial charge on any atom is 0.435 e. The fraction of sp³-hybridized carbons (Fsp3) is 0.900. The molecule has 0 aromatic heterocycles. The molecule has 0 unspecified atom stereocenters. The number of esters is 1. The second kappa shape index (κ2) is 7.75. The molecule has 0 amide bonds. The predicted octanol–water partition coefficient (Wildman–Crippen LogP) is 4.73. The lowest BCUT2D eigenvalue weighted by atomic mass is 10.1. The Hall–Kier alpha value is -1.73. The van der Waals surface area contributed by atoms with E-state index in [1.165, 1.54) is 9.47 Å². The summed E-state index contributed by atoms with van der Waals surface area (Å²) < 4.78 is 210. The lowest BCUT2D eigenvalue weighted by Crippen LogP contribution is -2.67. The Morgan fingerprint density at radius 1 is 0.633 bits per heavy atom. The number of hydrogen-bond acceptors (Lipinski definition) is 4. The van der Waals surface area contributed by atoms with Gasteiger partial charge in [0.1, 0.15) is 0 Å². The first kappa shape index (κ1) is 28.3. The lowest BCUT2D eigenvalue weighted by molar-refractivity contribution is -0.523. The summed E-state index contributed by atoms with van der Waals surface area (Å²) in [4.78, 5) is 10.4. The average molecular weight is 492 g/mol. The van der Waals surface area contributed by atoms with Crippen LogP contribution in [0.25, 0.3) is 0 Å². The predicted molar refractivity (Wildman–Crippen MR) is 54.8 cm³/mol. The van der Waals surface area contributed by atoms with Gasteiger partial charge in [0.05, 0.1) is 7.11 Å². The van der Waals surface area contributed by atoms with Crippen LogP contribution in [0.3, 0.4) is 0 Å². The van der Waals surface area contributed by atoms with Gasteiger partial charge in [0.2, 0.25) is 0 Å². The van der Waals surface area contributed by atoms with Crippen LogP contribution in [0.1, 0.15) is 0 Å². The van der Waals surface area contributed by atoms with E-state index in [1.807, 2.05) is 0 Å². The Bertz CT molecular complexity index is 630. The zero-order valence-electron chi connectivity index (χ0n) is 13.3. The fourth-order valence-electron chi connectivity index (χ4n) is 1.18. The van der Waals surface area contributed by atoms with E-state index in [1.54, 1.807) is 0 Å². The van der Waals surface area contributed by atoms with Crippen LogP contribution in [0.4, 0.5) is 70.2 Å². The van der Waals surface area contributed by atoms with Crippen molar-refractivity contribution in [1.29, 1.82) is 0 Å². The molecule has 0 heterocycles. The molecule has 0 aliphatic carbocycles. The van der Waals surface area contributed by atoms with Gasteiger partial charge in [-0.05, 0) is 0 Å². The fourth-order valence-corrected chi connectivity index (χ4v) is 1.18. The largest absolute Gasteiger partial charge is 0.464 e. The van der Waals surface area contributed by atoms with E-state index >= 15 is 0 Å². The third-order valence-electron chi connectivity index (χ3n) is 2.71. The van der Waals surface area contributed by atoms with Crippen molar-refractivity contribution in [3.05, 3.63) is 0 Å². The quantitative estimate of drug-likeness (QED) is 0.327. The van der Waals surface area contributed by atoms with Crippen molar-refractivity contribution < 1.29 is 89.3 Å². The lowest BCUT2D eigenvalue weighted by Gasteiger charge is -2.38. The SMILES string of the molecule is COC(=O)C(F)(F)C(F)(F)OC(F)(F)C(F)(F)C(F)(F)C(F)(F)OC(F)(F)C(F)F. The molecule has 0 radical (unpaired) electrons. The van der Waals surface area contributed by atoms with Gasteiger partial charge in [0.25, 0.3) is 0 Å². The Balaban J connectivity index is 6.16. The number of carbonyl (C=O) groups excluding carboxylic acids is 1. The van der Waals surface area contributed by atoms with Crippen molar-refractivity contribution in [2.24, 2.45) is 0 Å². The van der Waals surface area contributed by atoms with E-state index in [0.717, 1.165) is 0 Å². The van der Waals surface area contributed by atoms with E-state index in [-0.39, 0.29) is 7.11 Å². The van der Waals surface area contributed by atoms with Crippen LogP contribution < -0.4 is 0 Å². The summed E-state index contributed by atoms with van der Waals surface area (Å²) in [7, 11) is -0.0751. The Kier molecular flexibility index (Phi) is 7.31. The molecule has 0 aliphatic rings. The summed E-state index contributed by atoms with van der Waals surface area (Å²) in [6, 6.07) is 0. The molecular weight excluding hydrogens is 488 g/mol. The van der Waals surface area contributed by atoms with Gasteiger partial charge in [-0.3, -0.25) is 0 Å². The topological polar surface area (TPSA) is 44.8 Å². The minimum absolute atomic E-state index is 0.0751. The van der Waals surface area contributed by atoms with Crippen LogP contribution >= 0.6 is 0 Å². The molecule has 0 spiro atoms. The highest BCUT2D eigenvalue weighted by molar-refractivity contribution is 5.78. The van der Waals surface area contributed by atoms with Crippen LogP contribution in [0.15, 0.2) is 0 Å². The summed E-state index contributed by atoms with van der Waals surface area (Å²) in [5.41, 5.74) is 0. The van der Waals surface area contributed by atoms with Gasteiger partial charge in [-0.15, -0.1) is 0 Å². The van der Waals surface area contributed by atoms with Crippen LogP contribution in [-0.4, -0.2) is 61.7 Å². The number of carbonyl (C=O) groups is 1. The monoisotopic (exact) mass is 492 g/mol. The average Bonchev–Trinajstić information content (AvgIpc) is 2.50. The molecule has 0 rings (SSSR count). The number of ether oxygens (including phenoxy) is 3. The second-order valence-corrected chi connectivity index (χ2v) is 4.83. The van der Waals surface area contributed by atoms with Gasteiger partial charge in [-0.25, -0.2) is 23.0 Å². The van der Waals surface area contributed by atoms with E-state index in [4.69, 9.17) is 0 Å². The number of hydrogen-bond donors (Lipinski definition) is 0. The molecule has 20 heteroatoms. The highest BCUT2D eigenvalue weighted by atomic mass is 19.4. The molecule has 4 nitrogen and oxygen atoms in total. The van der Waals surface area contributed by atoms with Crippen LogP contribution in [0, 0.1) is 0 Å². The van der Waals surface area contributed by atoms with E-state index in [9.17, 15) is 75.0 Å². The van der Waals surface area contributed by atoms with Gasteiger partial charge < -0.3 is 4.74 Å².